The average Bonchev–Trinajstić information content (AvgIpc) is 2.94. The van der Waals surface area contributed by atoms with E-state index in [2.05, 4.69) is 35.1 Å². The highest BCUT2D eigenvalue weighted by molar-refractivity contribution is 9.10. The number of nitrogens with zero attached hydrogens (tertiary/aromatic N) is 1. The Balaban J connectivity index is 1.99. The molecule has 1 N–H and O–H groups in total. The summed E-state index contributed by atoms with van der Waals surface area (Å²) in [6, 6.07) is 2.13. The molecule has 1 aliphatic rings. The van der Waals surface area contributed by atoms with Crippen molar-refractivity contribution < 1.29 is 9.53 Å². The molecule has 0 aromatic carbocycles. The fourth-order valence-corrected chi connectivity index (χ4v) is 2.56. The van der Waals surface area contributed by atoms with Crippen molar-refractivity contribution in [2.24, 2.45) is 5.92 Å². The van der Waals surface area contributed by atoms with Crippen molar-refractivity contribution in [1.82, 2.24) is 9.88 Å². The Morgan fingerprint density at radius 1 is 1.67 bits per heavy atom. The van der Waals surface area contributed by atoms with Crippen molar-refractivity contribution >= 4 is 21.8 Å². The van der Waals surface area contributed by atoms with Crippen LogP contribution in [0.5, 0.6) is 0 Å². The van der Waals surface area contributed by atoms with E-state index in [4.69, 9.17) is 4.74 Å². The zero-order valence-corrected chi connectivity index (χ0v) is 12.4. The Kier molecular flexibility index (Phi) is 4.45. The first-order chi connectivity index (χ1) is 8.58. The maximum atomic E-state index is 12.1. The fraction of sp³-hybridized carbons (Fsp3) is 0.615. The first kappa shape index (κ1) is 13.6. The molecule has 1 amide bonds. The third-order valence-corrected chi connectivity index (χ3v) is 3.61. The molecule has 4 nitrogen and oxygen atoms in total. The Labute approximate surface area is 116 Å². The number of amides is 1. The number of ether oxygens (including phenoxy) is 1. The van der Waals surface area contributed by atoms with Gasteiger partial charge in [-0.1, -0.05) is 0 Å². The van der Waals surface area contributed by atoms with Gasteiger partial charge in [0.25, 0.3) is 5.91 Å². The molecule has 5 heteroatoms. The van der Waals surface area contributed by atoms with Crippen LogP contribution in [0.3, 0.4) is 0 Å². The lowest BCUT2D eigenvalue weighted by atomic mass is 10.1. The van der Waals surface area contributed by atoms with Gasteiger partial charge in [-0.15, -0.1) is 0 Å². The summed E-state index contributed by atoms with van der Waals surface area (Å²) in [5.74, 6) is 0.446. The topological polar surface area (TPSA) is 43.3 Å². The van der Waals surface area contributed by atoms with E-state index < -0.39 is 0 Å². The number of hydrogen-bond acceptors (Lipinski definition) is 2. The smallest absolute Gasteiger partial charge is 0.267 e. The molecule has 100 valence electrons. The highest BCUT2D eigenvalue weighted by Gasteiger charge is 2.19. The monoisotopic (exact) mass is 314 g/mol. The molecule has 0 spiro atoms. The molecule has 1 unspecified atom stereocenters. The standard InChI is InChI=1S/C13H19BrN2O2/c1-9(2)16-7-11(14)5-12(16)13(17)15-6-10-3-4-18-8-10/h5,7,9-10H,3-4,6,8H2,1-2H3,(H,15,17). The summed E-state index contributed by atoms with van der Waals surface area (Å²) in [5, 5.41) is 2.99. The molecule has 1 aromatic rings. The highest BCUT2D eigenvalue weighted by Crippen LogP contribution is 2.19. The van der Waals surface area contributed by atoms with E-state index in [1.807, 2.05) is 16.8 Å². The van der Waals surface area contributed by atoms with Gasteiger partial charge in [0.15, 0.2) is 0 Å². The molecule has 1 fully saturated rings. The minimum atomic E-state index is -0.0127. The molecule has 2 heterocycles. The lowest BCUT2D eigenvalue weighted by molar-refractivity contribution is 0.0934. The lowest BCUT2D eigenvalue weighted by Crippen LogP contribution is -2.31. The van der Waals surface area contributed by atoms with Gasteiger partial charge in [0.1, 0.15) is 5.69 Å². The predicted molar refractivity (Wildman–Crippen MR) is 73.8 cm³/mol. The van der Waals surface area contributed by atoms with Gasteiger partial charge in [-0.05, 0) is 42.3 Å². The summed E-state index contributed by atoms with van der Waals surface area (Å²) in [7, 11) is 0. The second-order valence-electron chi connectivity index (χ2n) is 4.98. The number of rotatable bonds is 4. The maximum Gasteiger partial charge on any atom is 0.267 e. The lowest BCUT2D eigenvalue weighted by Gasteiger charge is -2.14. The summed E-state index contributed by atoms with van der Waals surface area (Å²) in [6.45, 7) is 6.39. The molecule has 1 saturated heterocycles. The van der Waals surface area contributed by atoms with Crippen LogP contribution in [-0.2, 0) is 4.74 Å². The second-order valence-corrected chi connectivity index (χ2v) is 5.90. The van der Waals surface area contributed by atoms with E-state index in [-0.39, 0.29) is 11.9 Å². The van der Waals surface area contributed by atoms with Crippen molar-refractivity contribution in [3.63, 3.8) is 0 Å². The Morgan fingerprint density at radius 3 is 3.06 bits per heavy atom. The van der Waals surface area contributed by atoms with Gasteiger partial charge in [0.2, 0.25) is 0 Å². The van der Waals surface area contributed by atoms with Gasteiger partial charge in [0.05, 0.1) is 6.61 Å². The zero-order chi connectivity index (χ0) is 13.1. The molecule has 0 saturated carbocycles. The molecular weight excluding hydrogens is 296 g/mol. The minimum absolute atomic E-state index is 0.0127. The van der Waals surface area contributed by atoms with E-state index in [0.717, 1.165) is 24.1 Å². The van der Waals surface area contributed by atoms with E-state index in [9.17, 15) is 4.79 Å². The minimum Gasteiger partial charge on any atom is -0.381 e. The van der Waals surface area contributed by atoms with Crippen LogP contribution in [0.4, 0.5) is 0 Å². The number of carbonyl (C=O) groups is 1. The summed E-state index contributed by atoms with van der Waals surface area (Å²) in [5.41, 5.74) is 0.704. The molecule has 1 aliphatic heterocycles. The maximum absolute atomic E-state index is 12.1. The highest BCUT2D eigenvalue weighted by atomic mass is 79.9. The Bertz CT molecular complexity index is 423. The summed E-state index contributed by atoms with van der Waals surface area (Å²) >= 11 is 3.42. The quantitative estimate of drug-likeness (QED) is 0.928. The zero-order valence-electron chi connectivity index (χ0n) is 10.8. The number of aromatic nitrogens is 1. The largest absolute Gasteiger partial charge is 0.381 e. The Hall–Kier alpha value is -0.810. The molecular formula is C13H19BrN2O2. The Morgan fingerprint density at radius 2 is 2.44 bits per heavy atom. The van der Waals surface area contributed by atoms with Gasteiger partial charge < -0.3 is 14.6 Å². The molecule has 1 aromatic heterocycles. The van der Waals surface area contributed by atoms with Gasteiger partial charge in [-0.25, -0.2) is 0 Å². The number of carbonyl (C=O) groups excluding carboxylic acids is 1. The SMILES string of the molecule is CC(C)n1cc(Br)cc1C(=O)NCC1CCOC1. The van der Waals surface area contributed by atoms with E-state index >= 15 is 0 Å². The van der Waals surface area contributed by atoms with E-state index in [0.29, 0.717) is 18.2 Å². The molecule has 0 radical (unpaired) electrons. The predicted octanol–water partition coefficient (Wildman–Crippen LogP) is 2.60. The van der Waals surface area contributed by atoms with Crippen LogP contribution >= 0.6 is 15.9 Å². The normalized spacial score (nSPS) is 19.4. The van der Waals surface area contributed by atoms with Crippen molar-refractivity contribution in [3.05, 3.63) is 22.4 Å². The summed E-state index contributed by atoms with van der Waals surface area (Å²) in [4.78, 5) is 12.1. The van der Waals surface area contributed by atoms with E-state index in [1.54, 1.807) is 0 Å². The number of nitrogens with one attached hydrogen (secondary N) is 1. The van der Waals surface area contributed by atoms with Crippen LogP contribution in [-0.4, -0.2) is 30.2 Å². The van der Waals surface area contributed by atoms with Gasteiger partial charge in [0, 0.05) is 35.8 Å². The first-order valence-electron chi connectivity index (χ1n) is 6.31. The van der Waals surface area contributed by atoms with Crippen LogP contribution in [0, 0.1) is 5.92 Å². The van der Waals surface area contributed by atoms with Crippen LogP contribution in [0.1, 0.15) is 36.8 Å². The number of hydrogen-bond donors (Lipinski definition) is 1. The summed E-state index contributed by atoms with van der Waals surface area (Å²) < 4.78 is 8.21. The van der Waals surface area contributed by atoms with Crippen LogP contribution in [0.15, 0.2) is 16.7 Å². The molecule has 2 rings (SSSR count). The van der Waals surface area contributed by atoms with Gasteiger partial charge >= 0.3 is 0 Å². The summed E-state index contributed by atoms with van der Waals surface area (Å²) in [6.07, 6.45) is 2.98. The van der Waals surface area contributed by atoms with E-state index in [1.165, 1.54) is 0 Å². The van der Waals surface area contributed by atoms with Crippen molar-refractivity contribution in [2.45, 2.75) is 26.3 Å². The van der Waals surface area contributed by atoms with Crippen molar-refractivity contribution in [3.8, 4) is 0 Å². The van der Waals surface area contributed by atoms with Gasteiger partial charge in [-0.3, -0.25) is 4.79 Å². The average molecular weight is 315 g/mol. The van der Waals surface area contributed by atoms with Crippen LogP contribution in [0.2, 0.25) is 0 Å². The number of halogens is 1. The third kappa shape index (κ3) is 3.14. The first-order valence-corrected chi connectivity index (χ1v) is 7.10. The van der Waals surface area contributed by atoms with Crippen LogP contribution < -0.4 is 5.32 Å². The molecule has 0 aliphatic carbocycles. The molecule has 1 atom stereocenters. The molecule has 0 bridgehead atoms. The third-order valence-electron chi connectivity index (χ3n) is 3.18. The van der Waals surface area contributed by atoms with Gasteiger partial charge in [-0.2, -0.15) is 0 Å². The van der Waals surface area contributed by atoms with Crippen molar-refractivity contribution in [1.29, 1.82) is 0 Å². The van der Waals surface area contributed by atoms with Crippen molar-refractivity contribution in [2.75, 3.05) is 19.8 Å². The molecule has 18 heavy (non-hydrogen) atoms. The second kappa shape index (κ2) is 5.89. The fourth-order valence-electron chi connectivity index (χ4n) is 2.13. The van der Waals surface area contributed by atoms with Crippen LogP contribution in [0.25, 0.3) is 0 Å².